The summed E-state index contributed by atoms with van der Waals surface area (Å²) in [5.41, 5.74) is 2.57. The average Bonchev–Trinajstić information content (AvgIpc) is 2.90. The Labute approximate surface area is 134 Å². The van der Waals surface area contributed by atoms with Gasteiger partial charge in [-0.25, -0.2) is 4.79 Å². The van der Waals surface area contributed by atoms with Gasteiger partial charge in [-0.3, -0.25) is 5.32 Å². The minimum atomic E-state index is -0.461. The number of nitrogens with zero attached hydrogens (tertiary/aromatic N) is 1. The summed E-state index contributed by atoms with van der Waals surface area (Å²) in [6.07, 6.45) is 2.09. The van der Waals surface area contributed by atoms with Gasteiger partial charge in [-0.05, 0) is 72.8 Å². The molecule has 1 aliphatic rings. The van der Waals surface area contributed by atoms with Gasteiger partial charge in [0.25, 0.3) is 0 Å². The SMILES string of the molecule is Cc1nsc(I)c1NC(=O)OC(C)C1=C(Cl)CCC1. The molecule has 1 N–H and O–H groups in total. The van der Waals surface area contributed by atoms with Gasteiger partial charge in [-0.2, -0.15) is 4.37 Å². The Morgan fingerprint density at radius 3 is 2.84 bits per heavy atom. The van der Waals surface area contributed by atoms with E-state index >= 15 is 0 Å². The van der Waals surface area contributed by atoms with E-state index in [1.165, 1.54) is 11.5 Å². The molecule has 0 aliphatic heterocycles. The van der Waals surface area contributed by atoms with Crippen LogP contribution in [0.15, 0.2) is 10.6 Å². The van der Waals surface area contributed by atoms with Gasteiger partial charge in [-0.15, -0.1) is 0 Å². The topological polar surface area (TPSA) is 51.2 Å². The Hall–Kier alpha value is -0.340. The zero-order chi connectivity index (χ0) is 14.0. The van der Waals surface area contributed by atoms with Crippen LogP contribution in [0, 0.1) is 9.81 Å². The number of carbonyl (C=O) groups excluding carboxylic acids is 1. The number of anilines is 1. The van der Waals surface area contributed by atoms with Crippen LogP contribution in [0.5, 0.6) is 0 Å². The number of nitrogens with one attached hydrogen (secondary N) is 1. The number of rotatable bonds is 3. The lowest BCUT2D eigenvalue weighted by atomic mass is 10.1. The zero-order valence-corrected chi connectivity index (χ0v) is 14.4. The van der Waals surface area contributed by atoms with Crippen molar-refractivity contribution in [3.63, 3.8) is 0 Å². The maximum absolute atomic E-state index is 11.9. The van der Waals surface area contributed by atoms with Crippen molar-refractivity contribution in [2.75, 3.05) is 5.32 Å². The molecule has 4 nitrogen and oxygen atoms in total. The average molecular weight is 413 g/mol. The number of ether oxygens (including phenoxy) is 1. The first-order chi connectivity index (χ1) is 8.99. The van der Waals surface area contributed by atoms with Gasteiger partial charge in [0.15, 0.2) is 0 Å². The minimum Gasteiger partial charge on any atom is -0.442 e. The molecule has 1 aliphatic carbocycles. The number of hydrogen-bond donors (Lipinski definition) is 1. The second kappa shape index (κ2) is 6.41. The third kappa shape index (κ3) is 3.61. The third-order valence-electron chi connectivity index (χ3n) is 3.01. The first-order valence-electron chi connectivity index (χ1n) is 5.96. The molecule has 1 unspecified atom stereocenters. The molecular weight excluding hydrogens is 399 g/mol. The lowest BCUT2D eigenvalue weighted by Gasteiger charge is -2.15. The maximum Gasteiger partial charge on any atom is 0.412 e. The molecule has 7 heteroatoms. The van der Waals surface area contributed by atoms with Crippen LogP contribution in [0.3, 0.4) is 0 Å². The molecule has 0 spiro atoms. The second-order valence-corrected chi connectivity index (χ2v) is 7.41. The van der Waals surface area contributed by atoms with Crippen molar-refractivity contribution in [3.8, 4) is 0 Å². The number of halogens is 2. The number of carbonyl (C=O) groups is 1. The highest BCUT2D eigenvalue weighted by molar-refractivity contribution is 14.1. The molecule has 1 heterocycles. The smallest absolute Gasteiger partial charge is 0.412 e. The van der Waals surface area contributed by atoms with Crippen molar-refractivity contribution >= 4 is 57.5 Å². The molecule has 0 radical (unpaired) electrons. The molecular formula is C12H14ClIN2O2S. The van der Waals surface area contributed by atoms with Crippen LogP contribution >= 0.6 is 45.7 Å². The first kappa shape index (κ1) is 15.1. The molecule has 0 bridgehead atoms. The summed E-state index contributed by atoms with van der Waals surface area (Å²) in [4.78, 5) is 11.9. The largest absolute Gasteiger partial charge is 0.442 e. The Morgan fingerprint density at radius 1 is 1.58 bits per heavy atom. The molecule has 0 aromatic carbocycles. The van der Waals surface area contributed by atoms with E-state index in [1.54, 1.807) is 0 Å². The minimum absolute atomic E-state index is 0.278. The van der Waals surface area contributed by atoms with Crippen molar-refractivity contribution in [1.82, 2.24) is 4.37 Å². The lowest BCUT2D eigenvalue weighted by molar-refractivity contribution is 0.136. The summed E-state index contributed by atoms with van der Waals surface area (Å²) in [5.74, 6) is 0. The Kier molecular flexibility index (Phi) is 5.08. The summed E-state index contributed by atoms with van der Waals surface area (Å²) in [6.45, 7) is 3.71. The summed E-state index contributed by atoms with van der Waals surface area (Å²) >= 11 is 9.61. The Morgan fingerprint density at radius 2 is 2.32 bits per heavy atom. The summed E-state index contributed by atoms with van der Waals surface area (Å²) in [6, 6.07) is 0. The van der Waals surface area contributed by atoms with E-state index in [4.69, 9.17) is 16.3 Å². The van der Waals surface area contributed by atoms with Crippen LogP contribution < -0.4 is 5.32 Å². The molecule has 1 aromatic rings. The molecule has 0 saturated carbocycles. The van der Waals surface area contributed by atoms with Crippen LogP contribution in [0.2, 0.25) is 0 Å². The number of allylic oxidation sites excluding steroid dienone is 1. The molecule has 1 aromatic heterocycles. The van der Waals surface area contributed by atoms with Gasteiger partial charge in [0.1, 0.15) is 8.99 Å². The number of aryl methyl sites for hydroxylation is 1. The number of aromatic nitrogens is 1. The van der Waals surface area contributed by atoms with E-state index in [9.17, 15) is 4.79 Å². The molecule has 0 saturated heterocycles. The monoisotopic (exact) mass is 412 g/mol. The highest BCUT2D eigenvalue weighted by Gasteiger charge is 2.22. The van der Waals surface area contributed by atoms with E-state index in [2.05, 4.69) is 32.3 Å². The predicted octanol–water partition coefficient (Wildman–Crippen LogP) is 4.67. The van der Waals surface area contributed by atoms with Crippen molar-refractivity contribution in [2.45, 2.75) is 39.2 Å². The summed E-state index contributed by atoms with van der Waals surface area (Å²) < 4.78 is 10.5. The van der Waals surface area contributed by atoms with Gasteiger partial charge in [0, 0.05) is 5.03 Å². The van der Waals surface area contributed by atoms with E-state index in [0.29, 0.717) is 0 Å². The molecule has 1 atom stereocenters. The first-order valence-corrected chi connectivity index (χ1v) is 8.19. The van der Waals surface area contributed by atoms with Crippen molar-refractivity contribution in [1.29, 1.82) is 0 Å². The van der Waals surface area contributed by atoms with Crippen LogP contribution in [-0.2, 0) is 4.74 Å². The van der Waals surface area contributed by atoms with Crippen molar-refractivity contribution in [3.05, 3.63) is 19.2 Å². The van der Waals surface area contributed by atoms with Gasteiger partial charge in [0.05, 0.1) is 11.4 Å². The Balaban J connectivity index is 1.97. The molecule has 1 amide bonds. The maximum atomic E-state index is 11.9. The fraction of sp³-hybridized carbons (Fsp3) is 0.500. The summed E-state index contributed by atoms with van der Waals surface area (Å²) in [7, 11) is 0. The third-order valence-corrected chi connectivity index (χ3v) is 5.31. The van der Waals surface area contributed by atoms with Gasteiger partial charge < -0.3 is 4.74 Å². The zero-order valence-electron chi connectivity index (χ0n) is 10.6. The fourth-order valence-electron chi connectivity index (χ4n) is 2.00. The van der Waals surface area contributed by atoms with Gasteiger partial charge >= 0.3 is 6.09 Å². The van der Waals surface area contributed by atoms with E-state index in [0.717, 1.165) is 44.1 Å². The van der Waals surface area contributed by atoms with Gasteiger partial charge in [0.2, 0.25) is 0 Å². The molecule has 104 valence electrons. The molecule has 2 rings (SSSR count). The van der Waals surface area contributed by atoms with Crippen LogP contribution in [-0.4, -0.2) is 16.6 Å². The van der Waals surface area contributed by atoms with Crippen LogP contribution in [0.1, 0.15) is 31.9 Å². The lowest BCUT2D eigenvalue weighted by Crippen LogP contribution is -2.22. The standard InChI is InChI=1S/C12H14ClIN2O2S/c1-6-10(11(14)19-16-6)15-12(17)18-7(2)8-4-3-5-9(8)13/h7H,3-5H2,1-2H3,(H,15,17). The number of hydrogen-bond acceptors (Lipinski definition) is 4. The highest BCUT2D eigenvalue weighted by atomic mass is 127. The normalized spacial score (nSPS) is 16.6. The quantitative estimate of drug-likeness (QED) is 0.734. The number of amides is 1. The predicted molar refractivity (Wildman–Crippen MR) is 85.9 cm³/mol. The van der Waals surface area contributed by atoms with Crippen molar-refractivity contribution < 1.29 is 9.53 Å². The van der Waals surface area contributed by atoms with E-state index in [-0.39, 0.29) is 6.10 Å². The van der Waals surface area contributed by atoms with Gasteiger partial charge in [-0.1, -0.05) is 11.6 Å². The Bertz CT molecular complexity index is 510. The fourth-order valence-corrected chi connectivity index (χ4v) is 3.80. The van der Waals surface area contributed by atoms with Crippen molar-refractivity contribution in [2.24, 2.45) is 0 Å². The highest BCUT2D eigenvalue weighted by Crippen LogP contribution is 2.32. The van der Waals surface area contributed by atoms with E-state index < -0.39 is 6.09 Å². The van der Waals surface area contributed by atoms with E-state index in [1.807, 2.05) is 13.8 Å². The molecule has 19 heavy (non-hydrogen) atoms. The van der Waals surface area contributed by atoms with Crippen LogP contribution in [0.25, 0.3) is 0 Å². The van der Waals surface area contributed by atoms with Crippen LogP contribution in [0.4, 0.5) is 10.5 Å². The second-order valence-electron chi connectivity index (χ2n) is 4.37. The molecule has 0 fully saturated rings. The summed E-state index contributed by atoms with van der Waals surface area (Å²) in [5, 5.41) is 3.58.